The molecular weight excluding hydrogens is 522 g/mol. The van der Waals surface area contributed by atoms with Gasteiger partial charge in [-0.3, -0.25) is 4.90 Å². The fraction of sp³-hybridized carbons (Fsp3) is 0.514. The third-order valence-corrected chi connectivity index (χ3v) is 9.36. The molecule has 42 heavy (non-hydrogen) atoms. The maximum atomic E-state index is 12.7. The molecule has 1 unspecified atom stereocenters. The number of hydrogen-bond donors (Lipinski definition) is 1. The second-order valence-electron chi connectivity index (χ2n) is 13.7. The van der Waals surface area contributed by atoms with Crippen molar-refractivity contribution in [2.45, 2.75) is 90.3 Å². The van der Waals surface area contributed by atoms with Crippen LogP contribution in [0.1, 0.15) is 87.7 Å². The summed E-state index contributed by atoms with van der Waals surface area (Å²) in [5.74, 6) is 2.09. The molecule has 1 fully saturated rings. The lowest BCUT2D eigenvalue weighted by Crippen LogP contribution is -2.45. The van der Waals surface area contributed by atoms with E-state index in [9.17, 15) is 4.79 Å². The van der Waals surface area contributed by atoms with Gasteiger partial charge in [-0.05, 0) is 94.1 Å². The van der Waals surface area contributed by atoms with Crippen molar-refractivity contribution in [1.29, 1.82) is 0 Å². The van der Waals surface area contributed by atoms with Crippen LogP contribution in [-0.4, -0.2) is 46.2 Å². The van der Waals surface area contributed by atoms with Gasteiger partial charge >= 0.3 is 6.09 Å². The third-order valence-electron chi connectivity index (χ3n) is 9.36. The Labute approximate surface area is 250 Å². The molecule has 7 heteroatoms. The molecule has 0 saturated carbocycles. The molecule has 3 aromatic rings. The molecule has 2 aliphatic heterocycles. The van der Waals surface area contributed by atoms with Crippen molar-refractivity contribution < 1.29 is 9.53 Å². The summed E-state index contributed by atoms with van der Waals surface area (Å²) in [5, 5.41) is 3.05. The smallest absolute Gasteiger partial charge is 0.407 e. The van der Waals surface area contributed by atoms with Crippen molar-refractivity contribution >= 4 is 17.6 Å². The Morgan fingerprint density at radius 3 is 2.55 bits per heavy atom. The van der Waals surface area contributed by atoms with E-state index < -0.39 is 5.60 Å². The van der Waals surface area contributed by atoms with E-state index in [4.69, 9.17) is 14.7 Å². The molecule has 3 heterocycles. The van der Waals surface area contributed by atoms with Gasteiger partial charge in [0.15, 0.2) is 0 Å². The van der Waals surface area contributed by atoms with Gasteiger partial charge in [0.25, 0.3) is 0 Å². The number of fused-ring (bicyclic) bond motifs is 3. The maximum Gasteiger partial charge on any atom is 0.407 e. The number of likely N-dealkylation sites (tertiary alicyclic amines) is 1. The monoisotopic (exact) mass is 567 g/mol. The number of aryl methyl sites for hydroxylation is 1. The minimum atomic E-state index is -0.535. The number of carbonyl (C=O) groups excluding carboxylic acids is 1. The molecule has 0 radical (unpaired) electrons. The molecule has 1 atom stereocenters. The van der Waals surface area contributed by atoms with E-state index in [0.29, 0.717) is 18.4 Å². The van der Waals surface area contributed by atoms with E-state index in [2.05, 4.69) is 77.5 Å². The molecular formula is C35H45N5O2. The molecule has 222 valence electrons. The molecule has 1 aliphatic carbocycles. The van der Waals surface area contributed by atoms with Crippen LogP contribution in [0.15, 0.2) is 54.9 Å². The highest BCUT2D eigenvalue weighted by Gasteiger charge is 2.48. The minimum absolute atomic E-state index is 0.0154. The maximum absolute atomic E-state index is 12.7. The SMILES string of the molecule is CC(C)C1CCc2ncnc(N3CC4(CCN(Cc5ccccc5)CC4)c4c(CNC(=O)OC(C)(C)C)cccc43)c21. The van der Waals surface area contributed by atoms with Crippen LogP contribution in [0.4, 0.5) is 16.3 Å². The van der Waals surface area contributed by atoms with Crippen molar-refractivity contribution in [1.82, 2.24) is 20.2 Å². The van der Waals surface area contributed by atoms with Gasteiger partial charge in [0.05, 0.1) is 0 Å². The van der Waals surface area contributed by atoms with Crippen LogP contribution >= 0.6 is 0 Å². The van der Waals surface area contributed by atoms with E-state index >= 15 is 0 Å². The highest BCUT2D eigenvalue weighted by Crippen LogP contribution is 2.53. The van der Waals surface area contributed by atoms with Crippen molar-refractivity contribution in [2.24, 2.45) is 5.92 Å². The number of nitrogens with zero attached hydrogens (tertiary/aromatic N) is 4. The number of alkyl carbamates (subject to hydrolysis) is 1. The summed E-state index contributed by atoms with van der Waals surface area (Å²) in [6.45, 7) is 14.7. The highest BCUT2D eigenvalue weighted by atomic mass is 16.6. The first-order valence-corrected chi connectivity index (χ1v) is 15.6. The number of piperidine rings is 1. The predicted octanol–water partition coefficient (Wildman–Crippen LogP) is 6.87. The van der Waals surface area contributed by atoms with Gasteiger partial charge < -0.3 is 15.0 Å². The predicted molar refractivity (Wildman–Crippen MR) is 167 cm³/mol. The molecule has 6 rings (SSSR count). The standard InChI is InChI=1S/C35H45N5O2/c1-24(2)27-14-15-28-30(27)32(38-23-37-28)40-22-35(16-18-39(19-17-35)21-25-10-7-6-8-11-25)31-26(12-9-13-29(31)40)20-36-33(41)42-34(3,4)5/h6-13,23-24,27H,14-22H2,1-5H3,(H,36,41). The summed E-state index contributed by atoms with van der Waals surface area (Å²) < 4.78 is 5.58. The zero-order chi connectivity index (χ0) is 29.5. The summed E-state index contributed by atoms with van der Waals surface area (Å²) in [6, 6.07) is 17.3. The molecule has 1 spiro atoms. The number of hydrogen-bond acceptors (Lipinski definition) is 6. The van der Waals surface area contributed by atoms with Crippen molar-refractivity contribution in [3.05, 3.63) is 82.8 Å². The Hall–Kier alpha value is -3.45. The number of aromatic nitrogens is 2. The van der Waals surface area contributed by atoms with E-state index in [1.807, 2.05) is 20.8 Å². The number of benzene rings is 2. The summed E-state index contributed by atoms with van der Waals surface area (Å²) in [6.07, 6.45) is 5.67. The van der Waals surface area contributed by atoms with Gasteiger partial charge in [-0.1, -0.05) is 56.3 Å². The Kier molecular flexibility index (Phi) is 7.73. The van der Waals surface area contributed by atoms with Crippen molar-refractivity contribution in [3.63, 3.8) is 0 Å². The van der Waals surface area contributed by atoms with Gasteiger partial charge in [0, 0.05) is 42.0 Å². The number of ether oxygens (including phenoxy) is 1. The van der Waals surface area contributed by atoms with Crippen LogP contribution in [0.2, 0.25) is 0 Å². The van der Waals surface area contributed by atoms with Gasteiger partial charge in [-0.2, -0.15) is 0 Å². The van der Waals surface area contributed by atoms with Gasteiger partial charge in [-0.25, -0.2) is 14.8 Å². The number of rotatable bonds is 6. The molecule has 1 aromatic heterocycles. The van der Waals surface area contributed by atoms with E-state index in [1.165, 1.54) is 33.6 Å². The van der Waals surface area contributed by atoms with Crippen molar-refractivity contribution in [2.75, 3.05) is 24.5 Å². The summed E-state index contributed by atoms with van der Waals surface area (Å²) in [4.78, 5) is 27.4. The Morgan fingerprint density at radius 2 is 1.83 bits per heavy atom. The molecule has 0 bridgehead atoms. The fourth-order valence-electron chi connectivity index (χ4n) is 7.42. The minimum Gasteiger partial charge on any atom is -0.444 e. The topological polar surface area (TPSA) is 70.6 Å². The average Bonchev–Trinajstić information content (AvgIpc) is 3.53. The number of carbonyl (C=O) groups is 1. The van der Waals surface area contributed by atoms with Crippen LogP contribution in [0.5, 0.6) is 0 Å². The van der Waals surface area contributed by atoms with Gasteiger partial charge in [0.1, 0.15) is 17.7 Å². The van der Waals surface area contributed by atoms with Crippen LogP contribution in [0.3, 0.4) is 0 Å². The highest BCUT2D eigenvalue weighted by molar-refractivity contribution is 5.76. The molecule has 7 nitrogen and oxygen atoms in total. The Morgan fingerprint density at radius 1 is 1.07 bits per heavy atom. The van der Waals surface area contributed by atoms with E-state index in [1.54, 1.807) is 6.33 Å². The lowest BCUT2D eigenvalue weighted by Gasteiger charge is -2.40. The quantitative estimate of drug-likeness (QED) is 0.350. The summed E-state index contributed by atoms with van der Waals surface area (Å²) in [5.41, 5.74) is 7.13. The van der Waals surface area contributed by atoms with E-state index in [0.717, 1.165) is 57.7 Å². The van der Waals surface area contributed by atoms with Crippen LogP contribution < -0.4 is 10.2 Å². The summed E-state index contributed by atoms with van der Waals surface area (Å²) in [7, 11) is 0. The number of amides is 1. The number of anilines is 2. The Bertz CT molecular complexity index is 1420. The zero-order valence-corrected chi connectivity index (χ0v) is 25.8. The first-order valence-electron chi connectivity index (χ1n) is 15.6. The second kappa shape index (κ2) is 11.3. The Balaban J connectivity index is 1.34. The first kappa shape index (κ1) is 28.7. The largest absolute Gasteiger partial charge is 0.444 e. The van der Waals surface area contributed by atoms with Gasteiger partial charge in [0.2, 0.25) is 0 Å². The van der Waals surface area contributed by atoms with Crippen LogP contribution in [-0.2, 0) is 29.7 Å². The first-order chi connectivity index (χ1) is 20.1. The molecule has 1 amide bonds. The second-order valence-corrected chi connectivity index (χ2v) is 13.7. The van der Waals surface area contributed by atoms with Crippen LogP contribution in [0.25, 0.3) is 0 Å². The number of nitrogens with one attached hydrogen (secondary N) is 1. The molecule has 1 saturated heterocycles. The lowest BCUT2D eigenvalue weighted by molar-refractivity contribution is 0.0523. The van der Waals surface area contributed by atoms with Crippen LogP contribution in [0, 0.1) is 5.92 Å². The average molecular weight is 568 g/mol. The van der Waals surface area contributed by atoms with Gasteiger partial charge in [-0.15, -0.1) is 0 Å². The zero-order valence-electron chi connectivity index (χ0n) is 25.8. The van der Waals surface area contributed by atoms with E-state index in [-0.39, 0.29) is 11.5 Å². The molecule has 1 N–H and O–H groups in total. The summed E-state index contributed by atoms with van der Waals surface area (Å²) >= 11 is 0. The molecule has 3 aliphatic rings. The molecule has 2 aromatic carbocycles. The van der Waals surface area contributed by atoms with Crippen molar-refractivity contribution in [3.8, 4) is 0 Å². The normalized spacial score (nSPS) is 19.7. The lowest BCUT2D eigenvalue weighted by atomic mass is 9.72. The fourth-order valence-corrected chi connectivity index (χ4v) is 7.42. The third kappa shape index (κ3) is 5.63.